The van der Waals surface area contributed by atoms with Crippen molar-refractivity contribution in [2.24, 2.45) is 0 Å². The number of amides is 2. The second-order valence-corrected chi connectivity index (χ2v) is 9.89. The van der Waals surface area contributed by atoms with E-state index in [0.29, 0.717) is 22.2 Å². The van der Waals surface area contributed by atoms with Gasteiger partial charge in [0.2, 0.25) is 5.91 Å². The van der Waals surface area contributed by atoms with E-state index in [0.717, 1.165) is 24.0 Å². The molecule has 3 aromatic carbocycles. The lowest BCUT2D eigenvalue weighted by atomic mass is 10.0. The average molecular weight is 542 g/mol. The topological polar surface area (TPSA) is 58.6 Å². The van der Waals surface area contributed by atoms with Crippen molar-refractivity contribution in [1.82, 2.24) is 10.2 Å². The lowest BCUT2D eigenvalue weighted by molar-refractivity contribution is -0.143. The minimum atomic E-state index is -0.746. The van der Waals surface area contributed by atoms with Crippen LogP contribution in [0.25, 0.3) is 0 Å². The van der Waals surface area contributed by atoms with E-state index < -0.39 is 6.04 Å². The fourth-order valence-electron chi connectivity index (χ4n) is 3.88. The second-order valence-electron chi connectivity index (χ2n) is 9.08. The van der Waals surface area contributed by atoms with E-state index in [1.54, 1.807) is 17.0 Å². The molecule has 3 aromatic rings. The zero-order valence-electron chi connectivity index (χ0n) is 21.5. The van der Waals surface area contributed by atoms with Gasteiger partial charge in [0, 0.05) is 19.0 Å². The first kappa shape index (κ1) is 28.5. The predicted octanol–water partition coefficient (Wildman–Crippen LogP) is 6.49. The van der Waals surface area contributed by atoms with Crippen molar-refractivity contribution < 1.29 is 14.3 Å². The molecule has 0 saturated heterocycles. The molecule has 1 N–H and O–H groups in total. The molecule has 0 spiro atoms. The van der Waals surface area contributed by atoms with Crippen LogP contribution in [0, 0.1) is 0 Å². The van der Waals surface area contributed by atoms with Gasteiger partial charge in [0.25, 0.3) is 5.91 Å². The number of aryl methyl sites for hydroxylation is 1. The Morgan fingerprint density at radius 3 is 2.19 bits per heavy atom. The minimum Gasteiger partial charge on any atom is -0.484 e. The van der Waals surface area contributed by atoms with Gasteiger partial charge >= 0.3 is 0 Å². The monoisotopic (exact) mass is 540 g/mol. The van der Waals surface area contributed by atoms with Crippen LogP contribution in [-0.4, -0.2) is 35.4 Å². The summed E-state index contributed by atoms with van der Waals surface area (Å²) in [4.78, 5) is 28.7. The number of hydrogen-bond acceptors (Lipinski definition) is 3. The molecular weight excluding hydrogens is 507 g/mol. The largest absolute Gasteiger partial charge is 0.484 e. The molecule has 0 heterocycles. The molecule has 5 nitrogen and oxygen atoms in total. The fourth-order valence-corrected chi connectivity index (χ4v) is 4.20. The number of nitrogens with zero attached hydrogens (tertiary/aromatic N) is 1. The molecule has 0 aromatic heterocycles. The molecule has 37 heavy (non-hydrogen) atoms. The van der Waals surface area contributed by atoms with E-state index in [1.807, 2.05) is 74.5 Å². The first-order chi connectivity index (χ1) is 17.8. The van der Waals surface area contributed by atoms with Gasteiger partial charge in [-0.3, -0.25) is 9.59 Å². The van der Waals surface area contributed by atoms with Crippen molar-refractivity contribution >= 4 is 35.0 Å². The highest BCUT2D eigenvalue weighted by Gasteiger charge is 2.31. The predicted molar refractivity (Wildman–Crippen MR) is 150 cm³/mol. The summed E-state index contributed by atoms with van der Waals surface area (Å²) in [5.74, 6) is 0.0912. The molecule has 0 aliphatic heterocycles. The summed E-state index contributed by atoms with van der Waals surface area (Å²) < 4.78 is 5.84. The van der Waals surface area contributed by atoms with Crippen LogP contribution in [0.2, 0.25) is 10.0 Å². The summed E-state index contributed by atoms with van der Waals surface area (Å²) in [5, 5.41) is 3.88. The lowest BCUT2D eigenvalue weighted by Crippen LogP contribution is -2.53. The van der Waals surface area contributed by atoms with Crippen LogP contribution in [0.3, 0.4) is 0 Å². The zero-order chi connectivity index (χ0) is 26.8. The lowest BCUT2D eigenvalue weighted by Gasteiger charge is -2.32. The molecule has 0 bridgehead atoms. The average Bonchev–Trinajstić information content (AvgIpc) is 2.91. The van der Waals surface area contributed by atoms with Gasteiger partial charge < -0.3 is 15.0 Å². The van der Waals surface area contributed by atoms with Crippen LogP contribution in [0.5, 0.6) is 5.75 Å². The number of nitrogens with one attached hydrogen (secondary N) is 1. The van der Waals surface area contributed by atoms with E-state index in [-0.39, 0.29) is 31.0 Å². The first-order valence-corrected chi connectivity index (χ1v) is 13.4. The molecular formula is C30H34Cl2N2O3. The van der Waals surface area contributed by atoms with Crippen molar-refractivity contribution in [2.45, 2.75) is 58.7 Å². The second kappa shape index (κ2) is 14.1. The summed E-state index contributed by atoms with van der Waals surface area (Å²) in [6, 6.07) is 21.8. The zero-order valence-corrected chi connectivity index (χ0v) is 23.1. The minimum absolute atomic E-state index is 0.0268. The summed E-state index contributed by atoms with van der Waals surface area (Å²) in [6.07, 6.45) is 2.06. The number of benzene rings is 3. The van der Waals surface area contributed by atoms with E-state index in [4.69, 9.17) is 27.9 Å². The number of hydrogen-bond donors (Lipinski definition) is 1. The SMILES string of the molecule is CCc1ccc(OCC(=O)N(Cc2ccc(Cl)c(Cl)c2)[C@@H](Cc2ccccc2)C(=O)N[C@H](C)CC)cc1. The maximum atomic E-state index is 13.6. The van der Waals surface area contributed by atoms with Gasteiger partial charge in [-0.2, -0.15) is 0 Å². The fraction of sp³-hybridized carbons (Fsp3) is 0.333. The Labute approximate surface area is 229 Å². The molecule has 3 rings (SSSR count). The van der Waals surface area contributed by atoms with Crippen LogP contribution < -0.4 is 10.1 Å². The van der Waals surface area contributed by atoms with Gasteiger partial charge in [0.15, 0.2) is 6.61 Å². The Morgan fingerprint density at radius 2 is 1.57 bits per heavy atom. The Hall–Kier alpha value is -3.02. The standard InChI is InChI=1S/C30H34Cl2N2O3/c1-4-21(3)33-30(36)28(18-23-9-7-6-8-10-23)34(19-24-13-16-26(31)27(32)17-24)29(35)20-37-25-14-11-22(5-2)12-15-25/h6-17,21,28H,4-5,18-20H2,1-3H3,(H,33,36)/t21-,28+/m1/s1. The third-order valence-corrected chi connectivity index (χ3v) is 7.04. The number of carbonyl (C=O) groups is 2. The normalized spacial score (nSPS) is 12.5. The molecule has 2 amide bonds. The number of carbonyl (C=O) groups excluding carboxylic acids is 2. The van der Waals surface area contributed by atoms with Crippen LogP contribution in [0.4, 0.5) is 0 Å². The van der Waals surface area contributed by atoms with Crippen LogP contribution in [0.1, 0.15) is 43.9 Å². The number of ether oxygens (including phenoxy) is 1. The van der Waals surface area contributed by atoms with Crippen LogP contribution in [-0.2, 0) is 29.0 Å². The van der Waals surface area contributed by atoms with E-state index in [2.05, 4.69) is 12.2 Å². The van der Waals surface area contributed by atoms with Crippen LogP contribution >= 0.6 is 23.2 Å². The highest BCUT2D eigenvalue weighted by molar-refractivity contribution is 6.42. The quantitative estimate of drug-likeness (QED) is 0.285. The highest BCUT2D eigenvalue weighted by Crippen LogP contribution is 2.24. The molecule has 196 valence electrons. The van der Waals surface area contributed by atoms with E-state index in [9.17, 15) is 9.59 Å². The van der Waals surface area contributed by atoms with Gasteiger partial charge in [-0.1, -0.05) is 85.6 Å². The summed E-state index contributed by atoms with van der Waals surface area (Å²) in [7, 11) is 0. The molecule has 7 heteroatoms. The maximum absolute atomic E-state index is 13.6. The molecule has 0 radical (unpaired) electrons. The first-order valence-electron chi connectivity index (χ1n) is 12.6. The van der Waals surface area contributed by atoms with E-state index in [1.165, 1.54) is 5.56 Å². The Kier molecular flexibility index (Phi) is 10.8. The van der Waals surface area contributed by atoms with Crippen molar-refractivity contribution in [1.29, 1.82) is 0 Å². The molecule has 0 saturated carbocycles. The Bertz CT molecular complexity index is 1170. The van der Waals surface area contributed by atoms with Crippen molar-refractivity contribution in [3.05, 3.63) is 99.5 Å². The molecule has 0 fully saturated rings. The van der Waals surface area contributed by atoms with Gasteiger partial charge in [-0.05, 0) is 60.7 Å². The Morgan fingerprint density at radius 1 is 0.892 bits per heavy atom. The summed E-state index contributed by atoms with van der Waals surface area (Å²) >= 11 is 12.4. The molecule has 0 aliphatic rings. The maximum Gasteiger partial charge on any atom is 0.261 e. The molecule has 0 unspecified atom stereocenters. The summed E-state index contributed by atoms with van der Waals surface area (Å²) in [6.45, 7) is 6.02. The number of rotatable bonds is 12. The highest BCUT2D eigenvalue weighted by atomic mass is 35.5. The summed E-state index contributed by atoms with van der Waals surface area (Å²) in [5.41, 5.74) is 2.91. The van der Waals surface area contributed by atoms with Crippen molar-refractivity contribution in [3.63, 3.8) is 0 Å². The van der Waals surface area contributed by atoms with E-state index >= 15 is 0 Å². The Balaban J connectivity index is 1.91. The van der Waals surface area contributed by atoms with Gasteiger partial charge in [-0.15, -0.1) is 0 Å². The molecule has 2 atom stereocenters. The third kappa shape index (κ3) is 8.51. The third-order valence-electron chi connectivity index (χ3n) is 6.30. The van der Waals surface area contributed by atoms with Gasteiger partial charge in [-0.25, -0.2) is 0 Å². The van der Waals surface area contributed by atoms with Crippen molar-refractivity contribution in [3.8, 4) is 5.75 Å². The van der Waals surface area contributed by atoms with Gasteiger partial charge in [0.1, 0.15) is 11.8 Å². The molecule has 0 aliphatic carbocycles. The van der Waals surface area contributed by atoms with Gasteiger partial charge in [0.05, 0.1) is 10.0 Å². The smallest absolute Gasteiger partial charge is 0.261 e. The van der Waals surface area contributed by atoms with Crippen molar-refractivity contribution in [2.75, 3.05) is 6.61 Å². The van der Waals surface area contributed by atoms with Crippen LogP contribution in [0.15, 0.2) is 72.8 Å². The number of halogens is 2.